The van der Waals surface area contributed by atoms with Crippen LogP contribution in [0.15, 0.2) is 47.4 Å². The fraction of sp³-hybridized carbons (Fsp3) is 0.133. The second-order valence-corrected chi connectivity index (χ2v) is 5.73. The second kappa shape index (κ2) is 6.68. The molecule has 0 aliphatic carbocycles. The molecule has 2 aromatic rings. The molecule has 3 N–H and O–H groups in total. The van der Waals surface area contributed by atoms with Crippen LogP contribution in [0.5, 0.6) is 0 Å². The molecule has 0 spiro atoms. The Morgan fingerprint density at radius 1 is 1.15 bits per heavy atom. The molecule has 0 saturated carbocycles. The van der Waals surface area contributed by atoms with E-state index in [4.69, 9.17) is 22.4 Å². The third-order valence-electron chi connectivity index (χ3n) is 2.76. The summed E-state index contributed by atoms with van der Waals surface area (Å²) in [5.41, 5.74) is 8.46. The van der Waals surface area contributed by atoms with Crippen LogP contribution >= 0.6 is 23.4 Å². The van der Waals surface area contributed by atoms with Crippen LogP contribution in [0.25, 0.3) is 0 Å². The summed E-state index contributed by atoms with van der Waals surface area (Å²) in [7, 11) is 0. The molecule has 0 aromatic heterocycles. The Balaban J connectivity index is 2.02. The van der Waals surface area contributed by atoms with Crippen molar-refractivity contribution in [3.8, 4) is 0 Å². The van der Waals surface area contributed by atoms with Gasteiger partial charge in [-0.1, -0.05) is 41.9 Å². The number of halogens is 1. The van der Waals surface area contributed by atoms with E-state index in [-0.39, 0.29) is 6.42 Å². The predicted molar refractivity (Wildman–Crippen MR) is 83.2 cm³/mol. The topological polar surface area (TPSA) is 63.3 Å². The number of aliphatic carboxylic acids is 1. The van der Waals surface area contributed by atoms with Gasteiger partial charge in [-0.25, -0.2) is 0 Å². The van der Waals surface area contributed by atoms with Crippen LogP contribution in [0.3, 0.4) is 0 Å². The molecule has 20 heavy (non-hydrogen) atoms. The van der Waals surface area contributed by atoms with Crippen molar-refractivity contribution in [2.45, 2.75) is 17.1 Å². The van der Waals surface area contributed by atoms with Gasteiger partial charge in [-0.2, -0.15) is 0 Å². The van der Waals surface area contributed by atoms with E-state index >= 15 is 0 Å². The highest BCUT2D eigenvalue weighted by atomic mass is 35.5. The highest BCUT2D eigenvalue weighted by molar-refractivity contribution is 7.98. The van der Waals surface area contributed by atoms with Crippen molar-refractivity contribution in [2.75, 3.05) is 5.73 Å². The number of thioether (sulfide) groups is 1. The average Bonchev–Trinajstić information content (AvgIpc) is 2.39. The molecule has 2 rings (SSSR count). The first-order chi connectivity index (χ1) is 9.56. The summed E-state index contributed by atoms with van der Waals surface area (Å²) in [5, 5.41) is 9.37. The molecule has 0 aliphatic heterocycles. The smallest absolute Gasteiger partial charge is 0.307 e. The SMILES string of the molecule is Nc1cccc(Cl)c1SCc1ccc(CC(=O)O)cc1. The number of benzene rings is 2. The standard InChI is InChI=1S/C15H14ClNO2S/c16-12-2-1-3-13(17)15(12)20-9-11-6-4-10(5-7-11)8-14(18)19/h1-7H,8-9,17H2,(H,18,19). The molecule has 0 atom stereocenters. The van der Waals surface area contributed by atoms with Crippen LogP contribution in [0, 0.1) is 0 Å². The fourth-order valence-electron chi connectivity index (χ4n) is 1.76. The number of carbonyl (C=O) groups is 1. The van der Waals surface area contributed by atoms with Gasteiger partial charge in [0.1, 0.15) is 0 Å². The van der Waals surface area contributed by atoms with Gasteiger partial charge in [0.2, 0.25) is 0 Å². The Labute approximate surface area is 126 Å². The molecule has 0 unspecified atom stereocenters. The number of carboxylic acids is 1. The Morgan fingerprint density at radius 3 is 2.40 bits per heavy atom. The summed E-state index contributed by atoms with van der Waals surface area (Å²) in [6.07, 6.45) is 0.0465. The van der Waals surface area contributed by atoms with E-state index in [9.17, 15) is 4.79 Å². The minimum Gasteiger partial charge on any atom is -0.481 e. The van der Waals surface area contributed by atoms with Crippen LogP contribution < -0.4 is 5.73 Å². The van der Waals surface area contributed by atoms with Crippen LogP contribution in [0.2, 0.25) is 5.02 Å². The lowest BCUT2D eigenvalue weighted by atomic mass is 10.1. The zero-order valence-electron chi connectivity index (χ0n) is 10.7. The third-order valence-corrected chi connectivity index (χ3v) is 4.41. The second-order valence-electron chi connectivity index (χ2n) is 4.33. The van der Waals surface area contributed by atoms with Gasteiger partial charge in [0.05, 0.1) is 11.4 Å². The summed E-state index contributed by atoms with van der Waals surface area (Å²) in [4.78, 5) is 11.5. The zero-order valence-corrected chi connectivity index (χ0v) is 12.2. The molecular weight excluding hydrogens is 294 g/mol. The molecule has 3 nitrogen and oxygen atoms in total. The van der Waals surface area contributed by atoms with E-state index < -0.39 is 5.97 Å². The molecule has 5 heteroatoms. The Kier molecular flexibility index (Phi) is 4.93. The summed E-state index contributed by atoms with van der Waals surface area (Å²) in [5.74, 6) is -0.0858. The van der Waals surface area contributed by atoms with Crippen molar-refractivity contribution < 1.29 is 9.90 Å². The molecule has 0 aliphatic rings. The van der Waals surface area contributed by atoms with Crippen LogP contribution in [-0.2, 0) is 17.0 Å². The van der Waals surface area contributed by atoms with Crippen molar-refractivity contribution in [3.05, 3.63) is 58.6 Å². The minimum absolute atomic E-state index is 0.0465. The van der Waals surface area contributed by atoms with Crippen LogP contribution in [0.4, 0.5) is 5.69 Å². The molecule has 2 aromatic carbocycles. The molecule has 0 fully saturated rings. The first-order valence-electron chi connectivity index (χ1n) is 6.02. The number of rotatable bonds is 5. The van der Waals surface area contributed by atoms with E-state index in [1.54, 1.807) is 11.8 Å². The van der Waals surface area contributed by atoms with Gasteiger partial charge in [0.25, 0.3) is 0 Å². The van der Waals surface area contributed by atoms with Crippen LogP contribution in [0.1, 0.15) is 11.1 Å². The summed E-state index contributed by atoms with van der Waals surface area (Å²) in [6.45, 7) is 0. The normalized spacial score (nSPS) is 10.4. The zero-order chi connectivity index (χ0) is 14.5. The monoisotopic (exact) mass is 307 g/mol. The molecular formula is C15H14ClNO2S. The van der Waals surface area contributed by atoms with Gasteiger partial charge >= 0.3 is 5.97 Å². The molecule has 0 radical (unpaired) electrons. The van der Waals surface area contributed by atoms with Gasteiger partial charge in [0.15, 0.2) is 0 Å². The average molecular weight is 308 g/mol. The van der Waals surface area contributed by atoms with E-state index in [0.717, 1.165) is 21.8 Å². The molecule has 0 heterocycles. The number of nitrogen functional groups attached to an aromatic ring is 1. The predicted octanol–water partition coefficient (Wildman–Crippen LogP) is 3.84. The number of hydrogen-bond donors (Lipinski definition) is 2. The van der Waals surface area contributed by atoms with Crippen molar-refractivity contribution in [1.29, 1.82) is 0 Å². The van der Waals surface area contributed by atoms with E-state index in [1.807, 2.05) is 42.5 Å². The summed E-state index contributed by atoms with van der Waals surface area (Å²) in [6, 6.07) is 13.0. The lowest BCUT2D eigenvalue weighted by molar-refractivity contribution is -0.136. The lowest BCUT2D eigenvalue weighted by Crippen LogP contribution is -1.99. The Morgan fingerprint density at radius 2 is 1.80 bits per heavy atom. The van der Waals surface area contributed by atoms with Crippen molar-refractivity contribution in [2.24, 2.45) is 0 Å². The Bertz CT molecular complexity index is 594. The Hall–Kier alpha value is -1.65. The molecule has 0 amide bonds. The van der Waals surface area contributed by atoms with Crippen molar-refractivity contribution in [3.63, 3.8) is 0 Å². The van der Waals surface area contributed by atoms with Gasteiger partial charge in [0, 0.05) is 16.3 Å². The quantitative estimate of drug-likeness (QED) is 0.650. The maximum Gasteiger partial charge on any atom is 0.307 e. The molecule has 104 valence electrons. The third kappa shape index (κ3) is 3.92. The van der Waals surface area contributed by atoms with Gasteiger partial charge in [-0.15, -0.1) is 11.8 Å². The number of hydrogen-bond acceptors (Lipinski definition) is 3. The highest BCUT2D eigenvalue weighted by Crippen LogP contribution is 2.34. The van der Waals surface area contributed by atoms with Gasteiger partial charge in [-0.3, -0.25) is 4.79 Å². The molecule has 0 saturated heterocycles. The number of nitrogens with two attached hydrogens (primary N) is 1. The largest absolute Gasteiger partial charge is 0.481 e. The lowest BCUT2D eigenvalue weighted by Gasteiger charge is -2.08. The highest BCUT2D eigenvalue weighted by Gasteiger charge is 2.06. The van der Waals surface area contributed by atoms with Gasteiger partial charge < -0.3 is 10.8 Å². The number of anilines is 1. The summed E-state index contributed by atoms with van der Waals surface area (Å²) < 4.78 is 0. The first-order valence-corrected chi connectivity index (χ1v) is 7.39. The van der Waals surface area contributed by atoms with Crippen molar-refractivity contribution in [1.82, 2.24) is 0 Å². The maximum atomic E-state index is 10.6. The maximum absolute atomic E-state index is 10.6. The van der Waals surface area contributed by atoms with Crippen molar-refractivity contribution >= 4 is 35.0 Å². The molecule has 0 bridgehead atoms. The first kappa shape index (κ1) is 14.8. The van der Waals surface area contributed by atoms with Gasteiger partial charge in [-0.05, 0) is 23.3 Å². The van der Waals surface area contributed by atoms with E-state index in [0.29, 0.717) is 10.7 Å². The minimum atomic E-state index is -0.823. The fourth-order valence-corrected chi connectivity index (χ4v) is 3.05. The van der Waals surface area contributed by atoms with E-state index in [1.165, 1.54) is 0 Å². The number of carboxylic acid groups (broad SMARTS) is 1. The van der Waals surface area contributed by atoms with Crippen LogP contribution in [-0.4, -0.2) is 11.1 Å². The van der Waals surface area contributed by atoms with E-state index in [2.05, 4.69) is 0 Å². The summed E-state index contributed by atoms with van der Waals surface area (Å²) >= 11 is 7.69.